The third-order valence-corrected chi connectivity index (χ3v) is 3.48. The number of carbonyl (C=O) groups excluding carboxylic acids is 2. The minimum absolute atomic E-state index is 0.0693. The molecule has 22 heavy (non-hydrogen) atoms. The van der Waals surface area contributed by atoms with Crippen molar-refractivity contribution in [3.8, 4) is 5.75 Å². The molecule has 6 heteroatoms. The molecule has 1 heterocycles. The molecule has 1 aromatic rings. The lowest BCUT2D eigenvalue weighted by molar-refractivity contribution is -0.117. The second kappa shape index (κ2) is 7.68. The zero-order valence-electron chi connectivity index (χ0n) is 13.0. The van der Waals surface area contributed by atoms with Crippen molar-refractivity contribution in [3.63, 3.8) is 0 Å². The molecule has 1 fully saturated rings. The highest BCUT2D eigenvalue weighted by molar-refractivity contribution is 5.95. The summed E-state index contributed by atoms with van der Waals surface area (Å²) in [5.74, 6) is 0.960. The van der Waals surface area contributed by atoms with E-state index in [0.717, 1.165) is 11.4 Å². The summed E-state index contributed by atoms with van der Waals surface area (Å²) in [6.45, 7) is 5.68. The number of rotatable bonds is 6. The molecule has 2 amide bonds. The van der Waals surface area contributed by atoms with Gasteiger partial charge in [-0.3, -0.25) is 4.79 Å². The van der Waals surface area contributed by atoms with Crippen LogP contribution in [0.4, 0.5) is 10.5 Å². The van der Waals surface area contributed by atoms with Gasteiger partial charge in [0.25, 0.3) is 0 Å². The van der Waals surface area contributed by atoms with E-state index in [1.807, 2.05) is 31.2 Å². The average molecular weight is 306 g/mol. The van der Waals surface area contributed by atoms with Crippen LogP contribution in [0.5, 0.6) is 5.75 Å². The van der Waals surface area contributed by atoms with E-state index >= 15 is 0 Å². The zero-order chi connectivity index (χ0) is 15.9. The first-order valence-corrected chi connectivity index (χ1v) is 7.57. The molecule has 1 atom stereocenters. The second-order valence-electron chi connectivity index (χ2n) is 5.10. The highest BCUT2D eigenvalue weighted by Gasteiger charge is 2.30. The van der Waals surface area contributed by atoms with Crippen molar-refractivity contribution in [1.82, 2.24) is 5.32 Å². The minimum atomic E-state index is -0.436. The van der Waals surface area contributed by atoms with Gasteiger partial charge in [0.1, 0.15) is 5.75 Å². The Morgan fingerprint density at radius 1 is 1.27 bits per heavy atom. The fraction of sp³-hybridized carbons (Fsp3) is 0.500. The molecule has 2 rings (SSSR count). The normalized spacial score (nSPS) is 17.5. The van der Waals surface area contributed by atoms with Gasteiger partial charge in [-0.25, -0.2) is 4.79 Å². The summed E-state index contributed by atoms with van der Waals surface area (Å²) in [5.41, 5.74) is 0.854. The average Bonchev–Trinajstić information content (AvgIpc) is 2.88. The second-order valence-corrected chi connectivity index (χ2v) is 5.10. The van der Waals surface area contributed by atoms with Crippen molar-refractivity contribution in [2.24, 2.45) is 5.92 Å². The zero-order valence-corrected chi connectivity index (χ0v) is 13.0. The molecular weight excluding hydrogens is 284 g/mol. The van der Waals surface area contributed by atoms with Crippen molar-refractivity contribution < 1.29 is 19.1 Å². The monoisotopic (exact) mass is 306 g/mol. The number of alkyl carbamates (subject to hydrolysis) is 1. The summed E-state index contributed by atoms with van der Waals surface area (Å²) >= 11 is 0. The molecule has 1 aliphatic heterocycles. The Hall–Kier alpha value is -2.24. The topological polar surface area (TPSA) is 67.9 Å². The van der Waals surface area contributed by atoms with Crippen LogP contribution in [-0.4, -0.2) is 38.3 Å². The maximum Gasteiger partial charge on any atom is 0.407 e. The maximum atomic E-state index is 12.1. The van der Waals surface area contributed by atoms with E-state index in [4.69, 9.17) is 9.47 Å². The van der Waals surface area contributed by atoms with E-state index in [1.165, 1.54) is 0 Å². The van der Waals surface area contributed by atoms with Crippen molar-refractivity contribution in [1.29, 1.82) is 0 Å². The van der Waals surface area contributed by atoms with Gasteiger partial charge in [-0.15, -0.1) is 0 Å². The molecule has 0 radical (unpaired) electrons. The maximum absolute atomic E-state index is 12.1. The van der Waals surface area contributed by atoms with Gasteiger partial charge in [-0.2, -0.15) is 0 Å². The van der Waals surface area contributed by atoms with Crippen LogP contribution < -0.4 is 15.0 Å². The van der Waals surface area contributed by atoms with E-state index in [-0.39, 0.29) is 11.8 Å². The quantitative estimate of drug-likeness (QED) is 0.874. The Labute approximate surface area is 130 Å². The summed E-state index contributed by atoms with van der Waals surface area (Å²) in [6, 6.07) is 7.47. The third kappa shape index (κ3) is 4.13. The molecule has 0 spiro atoms. The SMILES string of the molecule is CCOC(=O)NC[C@H]1CC(=O)N(c2ccc(OCC)cc2)C1. The van der Waals surface area contributed by atoms with Crippen LogP contribution in [-0.2, 0) is 9.53 Å². The number of hydrogen-bond acceptors (Lipinski definition) is 4. The van der Waals surface area contributed by atoms with Crippen LogP contribution in [0.1, 0.15) is 20.3 Å². The van der Waals surface area contributed by atoms with Crippen LogP contribution in [0.25, 0.3) is 0 Å². The lowest BCUT2D eigenvalue weighted by Crippen LogP contribution is -2.31. The van der Waals surface area contributed by atoms with E-state index in [9.17, 15) is 9.59 Å². The molecule has 0 aromatic heterocycles. The highest BCUT2D eigenvalue weighted by Crippen LogP contribution is 2.26. The molecule has 120 valence electrons. The summed E-state index contributed by atoms with van der Waals surface area (Å²) in [6.07, 6.45) is -0.00550. The number of ether oxygens (including phenoxy) is 2. The number of benzene rings is 1. The van der Waals surface area contributed by atoms with Crippen molar-refractivity contribution in [3.05, 3.63) is 24.3 Å². The van der Waals surface area contributed by atoms with Crippen LogP contribution in [0, 0.1) is 5.92 Å². The predicted octanol–water partition coefficient (Wildman–Crippen LogP) is 2.18. The van der Waals surface area contributed by atoms with Gasteiger partial charge < -0.3 is 19.7 Å². The first kappa shape index (κ1) is 16.1. The Balaban J connectivity index is 1.90. The van der Waals surface area contributed by atoms with E-state index in [0.29, 0.717) is 32.7 Å². The van der Waals surface area contributed by atoms with Gasteiger partial charge in [0.15, 0.2) is 0 Å². The molecular formula is C16H22N2O4. The molecule has 6 nitrogen and oxygen atoms in total. The lowest BCUT2D eigenvalue weighted by Gasteiger charge is -2.17. The number of nitrogens with zero attached hydrogens (tertiary/aromatic N) is 1. The number of anilines is 1. The first-order chi connectivity index (χ1) is 10.6. The summed E-state index contributed by atoms with van der Waals surface area (Å²) < 4.78 is 10.2. The van der Waals surface area contributed by atoms with Gasteiger partial charge in [0, 0.05) is 31.1 Å². The molecule has 0 saturated carbocycles. The standard InChI is InChI=1S/C16H22N2O4/c1-3-21-14-7-5-13(6-8-14)18-11-12(9-15(18)19)10-17-16(20)22-4-2/h5-8,12H,3-4,9-11H2,1-2H3,(H,17,20)/t12-/m1/s1. The third-order valence-electron chi connectivity index (χ3n) is 3.48. The van der Waals surface area contributed by atoms with Crippen LogP contribution in [0.15, 0.2) is 24.3 Å². The number of hydrogen-bond donors (Lipinski definition) is 1. The van der Waals surface area contributed by atoms with E-state index < -0.39 is 6.09 Å². The van der Waals surface area contributed by atoms with Crippen molar-refractivity contribution in [2.75, 3.05) is 31.2 Å². The Morgan fingerprint density at radius 2 is 2.00 bits per heavy atom. The van der Waals surface area contributed by atoms with E-state index in [1.54, 1.807) is 11.8 Å². The smallest absolute Gasteiger partial charge is 0.407 e. The first-order valence-electron chi connectivity index (χ1n) is 7.57. The summed E-state index contributed by atoms with van der Waals surface area (Å²) in [7, 11) is 0. The van der Waals surface area contributed by atoms with Crippen LogP contribution in [0.3, 0.4) is 0 Å². The molecule has 1 N–H and O–H groups in total. The van der Waals surface area contributed by atoms with Crippen LogP contribution in [0.2, 0.25) is 0 Å². The van der Waals surface area contributed by atoms with Gasteiger partial charge in [-0.05, 0) is 38.1 Å². The Bertz CT molecular complexity index is 515. The fourth-order valence-corrected chi connectivity index (χ4v) is 2.47. The van der Waals surface area contributed by atoms with Crippen molar-refractivity contribution >= 4 is 17.7 Å². The number of nitrogens with one attached hydrogen (secondary N) is 1. The molecule has 1 aliphatic rings. The van der Waals surface area contributed by atoms with E-state index in [2.05, 4.69) is 5.32 Å². The minimum Gasteiger partial charge on any atom is -0.494 e. The lowest BCUT2D eigenvalue weighted by atomic mass is 10.1. The molecule has 1 saturated heterocycles. The molecule has 0 bridgehead atoms. The number of carbonyl (C=O) groups is 2. The molecule has 1 aromatic carbocycles. The van der Waals surface area contributed by atoms with Crippen molar-refractivity contribution in [2.45, 2.75) is 20.3 Å². The molecule has 0 aliphatic carbocycles. The van der Waals surface area contributed by atoms with Gasteiger partial charge in [-0.1, -0.05) is 0 Å². The molecule has 0 unspecified atom stereocenters. The Kier molecular flexibility index (Phi) is 5.63. The summed E-state index contributed by atoms with van der Waals surface area (Å²) in [4.78, 5) is 25.1. The van der Waals surface area contributed by atoms with Crippen LogP contribution >= 0.6 is 0 Å². The van der Waals surface area contributed by atoms with Gasteiger partial charge in [0.05, 0.1) is 13.2 Å². The van der Waals surface area contributed by atoms with Gasteiger partial charge >= 0.3 is 6.09 Å². The Morgan fingerprint density at radius 3 is 2.64 bits per heavy atom. The predicted molar refractivity (Wildman–Crippen MR) is 83.1 cm³/mol. The highest BCUT2D eigenvalue weighted by atomic mass is 16.5. The summed E-state index contributed by atoms with van der Waals surface area (Å²) in [5, 5.41) is 2.68. The fourth-order valence-electron chi connectivity index (χ4n) is 2.47. The van der Waals surface area contributed by atoms with Gasteiger partial charge in [0.2, 0.25) is 5.91 Å². The largest absolute Gasteiger partial charge is 0.494 e. The number of amides is 2.